The Morgan fingerprint density at radius 3 is 2.00 bits per heavy atom. The van der Waals surface area contributed by atoms with Crippen LogP contribution in [0.15, 0.2) is 36.6 Å². The zero-order chi connectivity index (χ0) is 10.6. The van der Waals surface area contributed by atoms with Crippen LogP contribution in [0.3, 0.4) is 0 Å². The summed E-state index contributed by atoms with van der Waals surface area (Å²) in [7, 11) is 0. The molecular formula is C12H20O. The molecule has 0 heterocycles. The predicted octanol–water partition coefficient (Wildman–Crippen LogP) is 3.85. The number of allylic oxidation sites excluding steroid dienone is 3. The van der Waals surface area contributed by atoms with Crippen molar-refractivity contribution in [3.05, 3.63) is 36.6 Å². The van der Waals surface area contributed by atoms with E-state index in [9.17, 15) is 0 Å². The molecule has 0 aromatic rings. The molecule has 0 amide bonds. The van der Waals surface area contributed by atoms with Crippen molar-refractivity contribution >= 4 is 0 Å². The van der Waals surface area contributed by atoms with E-state index in [0.29, 0.717) is 5.92 Å². The average molecular weight is 180 g/mol. The third-order valence-electron chi connectivity index (χ3n) is 2.35. The van der Waals surface area contributed by atoms with Gasteiger partial charge in [0.2, 0.25) is 0 Å². The first-order chi connectivity index (χ1) is 5.75. The smallest absolute Gasteiger partial charge is 0.108 e. The van der Waals surface area contributed by atoms with E-state index in [-0.39, 0.29) is 11.2 Å². The van der Waals surface area contributed by atoms with Gasteiger partial charge in [-0.2, -0.15) is 0 Å². The van der Waals surface area contributed by atoms with Gasteiger partial charge in [-0.3, -0.25) is 0 Å². The van der Waals surface area contributed by atoms with Crippen LogP contribution in [0, 0.1) is 11.3 Å². The molecule has 1 unspecified atom stereocenters. The van der Waals surface area contributed by atoms with Crippen molar-refractivity contribution in [3.8, 4) is 0 Å². The van der Waals surface area contributed by atoms with Crippen molar-refractivity contribution in [2.24, 2.45) is 11.3 Å². The molecule has 0 aliphatic carbocycles. The Bertz CT molecular complexity index is 228. The lowest BCUT2D eigenvalue weighted by Crippen LogP contribution is -2.18. The topological polar surface area (TPSA) is 20.2 Å². The van der Waals surface area contributed by atoms with E-state index in [1.165, 1.54) is 0 Å². The molecular weight excluding hydrogens is 160 g/mol. The van der Waals surface area contributed by atoms with Crippen LogP contribution in [0.5, 0.6) is 0 Å². The molecule has 0 aromatic carbocycles. The Balaban J connectivity index is 4.37. The molecule has 13 heavy (non-hydrogen) atoms. The van der Waals surface area contributed by atoms with Crippen molar-refractivity contribution in [2.75, 3.05) is 0 Å². The molecule has 0 radical (unpaired) electrons. The van der Waals surface area contributed by atoms with E-state index in [4.69, 9.17) is 5.11 Å². The van der Waals surface area contributed by atoms with Gasteiger partial charge in [0.05, 0.1) is 0 Å². The molecule has 0 aromatic heterocycles. The van der Waals surface area contributed by atoms with Gasteiger partial charge >= 0.3 is 0 Å². The highest BCUT2D eigenvalue weighted by atomic mass is 16.3. The van der Waals surface area contributed by atoms with Crippen LogP contribution in [-0.4, -0.2) is 5.11 Å². The minimum atomic E-state index is 0.0715. The first-order valence-corrected chi connectivity index (χ1v) is 4.50. The summed E-state index contributed by atoms with van der Waals surface area (Å²) >= 11 is 0. The number of aliphatic hydroxyl groups excluding tert-OH is 1. The minimum absolute atomic E-state index is 0.0715. The highest BCUT2D eigenvalue weighted by molar-refractivity contribution is 5.23. The highest BCUT2D eigenvalue weighted by Gasteiger charge is 2.20. The Morgan fingerprint density at radius 2 is 1.69 bits per heavy atom. The molecule has 1 nitrogen and oxygen atoms in total. The molecule has 0 saturated carbocycles. The first kappa shape index (κ1) is 12.0. The van der Waals surface area contributed by atoms with Gasteiger partial charge in [-0.25, -0.2) is 0 Å². The SMILES string of the molecule is C=C(O)/C=C\C(=C)C(C)C(C)(C)C. The van der Waals surface area contributed by atoms with E-state index in [1.54, 1.807) is 6.08 Å². The Hall–Kier alpha value is -0.980. The van der Waals surface area contributed by atoms with Gasteiger partial charge < -0.3 is 5.11 Å². The molecule has 0 aliphatic rings. The molecule has 0 bridgehead atoms. The van der Waals surface area contributed by atoms with Crippen LogP contribution >= 0.6 is 0 Å². The molecule has 74 valence electrons. The third kappa shape index (κ3) is 4.56. The number of aliphatic hydroxyl groups is 1. The van der Waals surface area contributed by atoms with Crippen molar-refractivity contribution in [1.29, 1.82) is 0 Å². The van der Waals surface area contributed by atoms with Crippen molar-refractivity contribution < 1.29 is 5.11 Å². The molecule has 0 fully saturated rings. The van der Waals surface area contributed by atoms with Crippen LogP contribution in [0.25, 0.3) is 0 Å². The zero-order valence-electron chi connectivity index (χ0n) is 9.09. The summed E-state index contributed by atoms with van der Waals surface area (Å²) in [5.74, 6) is 0.463. The Morgan fingerprint density at radius 1 is 1.23 bits per heavy atom. The molecule has 1 heteroatoms. The van der Waals surface area contributed by atoms with E-state index in [2.05, 4.69) is 40.9 Å². The monoisotopic (exact) mass is 180 g/mol. The number of hydrogen-bond acceptors (Lipinski definition) is 1. The molecule has 0 spiro atoms. The summed E-state index contributed by atoms with van der Waals surface area (Å²) < 4.78 is 0. The van der Waals surface area contributed by atoms with E-state index in [0.717, 1.165) is 5.57 Å². The largest absolute Gasteiger partial charge is 0.509 e. The summed E-state index contributed by atoms with van der Waals surface area (Å²) in [6.07, 6.45) is 3.39. The fourth-order valence-corrected chi connectivity index (χ4v) is 0.904. The molecule has 1 N–H and O–H groups in total. The standard InChI is InChI=1S/C12H20O/c1-9(7-8-10(2)13)11(3)12(4,5)6/h7-8,11,13H,1-2H2,3-6H3/b8-7-. The van der Waals surface area contributed by atoms with Gasteiger partial charge in [-0.05, 0) is 17.4 Å². The van der Waals surface area contributed by atoms with Crippen molar-refractivity contribution in [3.63, 3.8) is 0 Å². The zero-order valence-corrected chi connectivity index (χ0v) is 9.09. The van der Waals surface area contributed by atoms with Gasteiger partial charge in [-0.15, -0.1) is 0 Å². The lowest BCUT2D eigenvalue weighted by atomic mass is 9.78. The lowest BCUT2D eigenvalue weighted by Gasteiger charge is -2.27. The molecule has 0 saturated heterocycles. The Kier molecular flexibility index (Phi) is 3.99. The van der Waals surface area contributed by atoms with Crippen LogP contribution in [0.2, 0.25) is 0 Å². The normalized spacial score (nSPS) is 14.5. The summed E-state index contributed by atoms with van der Waals surface area (Å²) in [6.45, 7) is 16.0. The minimum Gasteiger partial charge on any atom is -0.509 e. The lowest BCUT2D eigenvalue weighted by molar-refractivity contribution is 0.305. The van der Waals surface area contributed by atoms with Crippen LogP contribution in [0.1, 0.15) is 27.7 Å². The summed E-state index contributed by atoms with van der Waals surface area (Å²) in [5.41, 5.74) is 1.22. The average Bonchev–Trinajstić information content (AvgIpc) is 1.96. The van der Waals surface area contributed by atoms with Crippen molar-refractivity contribution in [1.82, 2.24) is 0 Å². The van der Waals surface area contributed by atoms with Gasteiger partial charge in [0.1, 0.15) is 5.76 Å². The maximum Gasteiger partial charge on any atom is 0.108 e. The Labute approximate surface area is 81.5 Å². The van der Waals surface area contributed by atoms with Gasteiger partial charge in [0, 0.05) is 0 Å². The van der Waals surface area contributed by atoms with E-state index in [1.807, 2.05) is 6.08 Å². The second-order valence-corrected chi connectivity index (χ2v) is 4.49. The fourth-order valence-electron chi connectivity index (χ4n) is 0.904. The van der Waals surface area contributed by atoms with E-state index < -0.39 is 0 Å². The van der Waals surface area contributed by atoms with E-state index >= 15 is 0 Å². The maximum atomic E-state index is 8.86. The molecule has 1 atom stereocenters. The second-order valence-electron chi connectivity index (χ2n) is 4.49. The van der Waals surface area contributed by atoms with Crippen LogP contribution in [0.4, 0.5) is 0 Å². The highest BCUT2D eigenvalue weighted by Crippen LogP contribution is 2.31. The maximum absolute atomic E-state index is 8.86. The first-order valence-electron chi connectivity index (χ1n) is 4.50. The summed E-state index contributed by atoms with van der Waals surface area (Å²) in [5, 5.41) is 8.86. The second kappa shape index (κ2) is 4.31. The third-order valence-corrected chi connectivity index (χ3v) is 2.35. The van der Waals surface area contributed by atoms with Crippen LogP contribution < -0.4 is 0 Å². The summed E-state index contributed by atoms with van der Waals surface area (Å²) in [4.78, 5) is 0. The van der Waals surface area contributed by atoms with Crippen molar-refractivity contribution in [2.45, 2.75) is 27.7 Å². The quantitative estimate of drug-likeness (QED) is 0.516. The number of hydrogen-bond donors (Lipinski definition) is 1. The molecule has 0 rings (SSSR count). The predicted molar refractivity (Wildman–Crippen MR) is 58.7 cm³/mol. The molecule has 0 aliphatic heterocycles. The number of rotatable bonds is 3. The van der Waals surface area contributed by atoms with Gasteiger partial charge in [0.15, 0.2) is 0 Å². The fraction of sp³-hybridized carbons (Fsp3) is 0.500. The van der Waals surface area contributed by atoms with Gasteiger partial charge in [-0.1, -0.05) is 52.5 Å². The van der Waals surface area contributed by atoms with Gasteiger partial charge in [0.25, 0.3) is 0 Å². The van der Waals surface area contributed by atoms with Crippen LogP contribution in [-0.2, 0) is 0 Å². The summed E-state index contributed by atoms with van der Waals surface area (Å²) in [6, 6.07) is 0.